The van der Waals surface area contributed by atoms with Crippen molar-refractivity contribution in [3.63, 3.8) is 0 Å². The SMILES string of the molecule is Cc1cc(C)cc(-c2cc(CC(C)(C)C)c3cc(-c4ccc(C(C)C)cc4)ccc3n2)c1. The van der Waals surface area contributed by atoms with Crippen molar-refractivity contribution in [1.29, 1.82) is 0 Å². The highest BCUT2D eigenvalue weighted by Gasteiger charge is 2.16. The lowest BCUT2D eigenvalue weighted by Crippen LogP contribution is -2.10. The first-order valence-electron chi connectivity index (χ1n) is 11.7. The average Bonchev–Trinajstić information content (AvgIpc) is 2.71. The van der Waals surface area contributed by atoms with Gasteiger partial charge in [-0.3, -0.25) is 0 Å². The minimum Gasteiger partial charge on any atom is -0.248 e. The molecule has 4 rings (SSSR count). The number of fused-ring (bicyclic) bond motifs is 1. The molecule has 0 fully saturated rings. The molecule has 3 aromatic carbocycles. The van der Waals surface area contributed by atoms with Crippen LogP contribution in [0.1, 0.15) is 62.8 Å². The summed E-state index contributed by atoms with van der Waals surface area (Å²) in [6, 6.07) is 24.8. The van der Waals surface area contributed by atoms with Gasteiger partial charge in [0.05, 0.1) is 11.2 Å². The van der Waals surface area contributed by atoms with E-state index >= 15 is 0 Å². The van der Waals surface area contributed by atoms with Crippen LogP contribution in [-0.2, 0) is 6.42 Å². The topological polar surface area (TPSA) is 12.9 Å². The molecule has 1 heterocycles. The maximum absolute atomic E-state index is 5.09. The van der Waals surface area contributed by atoms with Crippen LogP contribution >= 0.6 is 0 Å². The summed E-state index contributed by atoms with van der Waals surface area (Å²) in [5, 5.41) is 1.26. The van der Waals surface area contributed by atoms with Gasteiger partial charge in [-0.1, -0.05) is 82.1 Å². The number of rotatable bonds is 4. The fourth-order valence-corrected chi connectivity index (χ4v) is 4.52. The molecule has 0 aliphatic rings. The lowest BCUT2D eigenvalue weighted by atomic mass is 9.85. The highest BCUT2D eigenvalue weighted by molar-refractivity contribution is 5.89. The smallest absolute Gasteiger partial charge is 0.0712 e. The molecule has 1 nitrogen and oxygen atoms in total. The Kier molecular flexibility index (Phi) is 5.95. The molecule has 0 atom stereocenters. The molecule has 0 bridgehead atoms. The molecule has 32 heavy (non-hydrogen) atoms. The third-order valence-electron chi connectivity index (χ3n) is 6.04. The van der Waals surface area contributed by atoms with Gasteiger partial charge in [0.2, 0.25) is 0 Å². The maximum atomic E-state index is 5.09. The molecule has 0 aliphatic heterocycles. The van der Waals surface area contributed by atoms with E-state index in [1.165, 1.54) is 44.3 Å². The van der Waals surface area contributed by atoms with E-state index in [1.54, 1.807) is 0 Å². The normalized spacial score (nSPS) is 12.0. The van der Waals surface area contributed by atoms with Crippen LogP contribution in [0.15, 0.2) is 66.7 Å². The molecule has 4 aromatic rings. The van der Waals surface area contributed by atoms with E-state index < -0.39 is 0 Å². The zero-order valence-electron chi connectivity index (χ0n) is 20.6. The van der Waals surface area contributed by atoms with Crippen molar-refractivity contribution in [3.05, 3.63) is 89.0 Å². The molecular weight excluding hydrogens is 386 g/mol. The van der Waals surface area contributed by atoms with E-state index in [-0.39, 0.29) is 5.41 Å². The second-order valence-corrected chi connectivity index (χ2v) is 10.8. The Labute approximate surface area is 193 Å². The molecule has 0 amide bonds. The number of nitrogens with zero attached hydrogens (tertiary/aromatic N) is 1. The Hall–Kier alpha value is -2.93. The summed E-state index contributed by atoms with van der Waals surface area (Å²) in [5.74, 6) is 0.548. The van der Waals surface area contributed by atoms with Crippen LogP contribution in [0.3, 0.4) is 0 Å². The van der Waals surface area contributed by atoms with Crippen LogP contribution in [0.5, 0.6) is 0 Å². The third-order valence-corrected chi connectivity index (χ3v) is 6.04. The monoisotopic (exact) mass is 421 g/mol. The second kappa shape index (κ2) is 8.54. The number of hydrogen-bond acceptors (Lipinski definition) is 1. The van der Waals surface area contributed by atoms with E-state index in [1.807, 2.05) is 0 Å². The molecule has 0 saturated carbocycles. The van der Waals surface area contributed by atoms with E-state index in [0.717, 1.165) is 17.6 Å². The van der Waals surface area contributed by atoms with E-state index in [2.05, 4.69) is 115 Å². The van der Waals surface area contributed by atoms with Gasteiger partial charge in [0.25, 0.3) is 0 Å². The van der Waals surface area contributed by atoms with Crippen LogP contribution in [0.25, 0.3) is 33.3 Å². The zero-order chi connectivity index (χ0) is 23.0. The Bertz CT molecular complexity index is 1230. The van der Waals surface area contributed by atoms with Gasteiger partial charge in [0, 0.05) is 10.9 Å². The van der Waals surface area contributed by atoms with Crippen LogP contribution in [-0.4, -0.2) is 4.98 Å². The molecule has 0 spiro atoms. The Balaban J connectivity index is 1.86. The predicted molar refractivity (Wildman–Crippen MR) is 139 cm³/mol. The molecular formula is C31H35N. The first-order valence-corrected chi connectivity index (χ1v) is 11.7. The number of pyridine rings is 1. The second-order valence-electron chi connectivity index (χ2n) is 10.8. The van der Waals surface area contributed by atoms with Gasteiger partial charge in [-0.15, -0.1) is 0 Å². The maximum Gasteiger partial charge on any atom is 0.0712 e. The van der Waals surface area contributed by atoms with Crippen molar-refractivity contribution < 1.29 is 0 Å². The molecule has 164 valence electrons. The van der Waals surface area contributed by atoms with E-state index in [4.69, 9.17) is 4.98 Å². The van der Waals surface area contributed by atoms with Gasteiger partial charge in [-0.05, 0) is 84.2 Å². The standard InChI is InChI=1S/C31H35N/c1-20(2)23-8-10-24(11-9-23)25-12-13-29-28(17-25)27(19-31(5,6)7)18-30(32-29)26-15-21(3)14-22(4)16-26/h8-18,20H,19H2,1-7H3. The molecule has 0 unspecified atom stereocenters. The Morgan fingerprint density at radius 1 is 0.719 bits per heavy atom. The summed E-state index contributed by atoms with van der Waals surface area (Å²) in [4.78, 5) is 5.09. The zero-order valence-corrected chi connectivity index (χ0v) is 20.6. The number of aromatic nitrogens is 1. The van der Waals surface area contributed by atoms with Crippen molar-refractivity contribution in [3.8, 4) is 22.4 Å². The molecule has 0 N–H and O–H groups in total. The van der Waals surface area contributed by atoms with Crippen molar-refractivity contribution in [1.82, 2.24) is 4.98 Å². The molecule has 1 aromatic heterocycles. The quantitative estimate of drug-likeness (QED) is 0.320. The highest BCUT2D eigenvalue weighted by atomic mass is 14.7. The summed E-state index contributed by atoms with van der Waals surface area (Å²) < 4.78 is 0. The van der Waals surface area contributed by atoms with Gasteiger partial charge in [0.15, 0.2) is 0 Å². The van der Waals surface area contributed by atoms with Crippen LogP contribution in [0.2, 0.25) is 0 Å². The summed E-state index contributed by atoms with van der Waals surface area (Å²) in [6.07, 6.45) is 1.01. The fourth-order valence-electron chi connectivity index (χ4n) is 4.52. The Morgan fingerprint density at radius 2 is 1.34 bits per heavy atom. The minimum atomic E-state index is 0.197. The summed E-state index contributed by atoms with van der Waals surface area (Å²) in [5.41, 5.74) is 11.4. The third kappa shape index (κ3) is 4.93. The molecule has 1 heteroatoms. The Morgan fingerprint density at radius 3 is 1.94 bits per heavy atom. The summed E-state index contributed by atoms with van der Waals surface area (Å²) >= 11 is 0. The lowest BCUT2D eigenvalue weighted by Gasteiger charge is -2.21. The van der Waals surface area contributed by atoms with E-state index in [9.17, 15) is 0 Å². The van der Waals surface area contributed by atoms with Crippen molar-refractivity contribution in [2.75, 3.05) is 0 Å². The minimum absolute atomic E-state index is 0.197. The van der Waals surface area contributed by atoms with Gasteiger partial charge in [-0.2, -0.15) is 0 Å². The van der Waals surface area contributed by atoms with Gasteiger partial charge in [-0.25, -0.2) is 4.98 Å². The van der Waals surface area contributed by atoms with E-state index in [0.29, 0.717) is 5.92 Å². The van der Waals surface area contributed by atoms with Crippen molar-refractivity contribution >= 4 is 10.9 Å². The van der Waals surface area contributed by atoms with Crippen molar-refractivity contribution in [2.24, 2.45) is 5.41 Å². The predicted octanol–water partition coefficient (Wildman–Crippen LogP) is 8.90. The lowest BCUT2D eigenvalue weighted by molar-refractivity contribution is 0.412. The molecule has 0 aliphatic carbocycles. The number of benzene rings is 3. The summed E-state index contributed by atoms with van der Waals surface area (Å²) in [6.45, 7) is 15.7. The number of hydrogen-bond donors (Lipinski definition) is 0. The summed E-state index contributed by atoms with van der Waals surface area (Å²) in [7, 11) is 0. The van der Waals surface area contributed by atoms with Gasteiger partial charge >= 0.3 is 0 Å². The first kappa shape index (κ1) is 22.3. The van der Waals surface area contributed by atoms with Gasteiger partial charge < -0.3 is 0 Å². The molecule has 0 saturated heterocycles. The van der Waals surface area contributed by atoms with Crippen molar-refractivity contribution in [2.45, 2.75) is 60.8 Å². The average molecular weight is 422 g/mol. The van der Waals surface area contributed by atoms with Crippen LogP contribution < -0.4 is 0 Å². The number of aryl methyl sites for hydroxylation is 2. The van der Waals surface area contributed by atoms with Crippen LogP contribution in [0.4, 0.5) is 0 Å². The van der Waals surface area contributed by atoms with Gasteiger partial charge in [0.1, 0.15) is 0 Å². The molecule has 0 radical (unpaired) electrons. The highest BCUT2D eigenvalue weighted by Crippen LogP contribution is 2.33. The first-order chi connectivity index (χ1) is 15.1. The fraction of sp³-hybridized carbons (Fsp3) is 0.323. The van der Waals surface area contributed by atoms with Crippen LogP contribution in [0, 0.1) is 19.3 Å². The largest absolute Gasteiger partial charge is 0.248 e.